The molecule has 0 atom stereocenters. The van der Waals surface area contributed by atoms with Crippen LogP contribution in [0.5, 0.6) is 0 Å². The Balaban J connectivity index is 0.000000516. The van der Waals surface area contributed by atoms with Gasteiger partial charge in [0.15, 0.2) is 5.65 Å². The largest absolute Gasteiger partial charge is 0.465 e. The predicted octanol–water partition coefficient (Wildman–Crippen LogP) is 1.37. The third-order valence-corrected chi connectivity index (χ3v) is 6.30. The van der Waals surface area contributed by atoms with Gasteiger partial charge in [0.25, 0.3) is 0 Å². The van der Waals surface area contributed by atoms with Crippen LogP contribution >= 0.6 is 22.6 Å². The molecule has 1 saturated carbocycles. The summed E-state index contributed by atoms with van der Waals surface area (Å²) in [4.78, 5) is 22.4. The molecule has 4 rings (SSSR count). The van der Waals surface area contributed by atoms with E-state index in [0.717, 1.165) is 33.6 Å². The van der Waals surface area contributed by atoms with Gasteiger partial charge in [-0.25, -0.2) is 19.4 Å². The van der Waals surface area contributed by atoms with Gasteiger partial charge in [-0.3, -0.25) is 4.90 Å². The summed E-state index contributed by atoms with van der Waals surface area (Å²) in [7, 11) is 2.21. The molecule has 0 aromatic carbocycles. The summed E-state index contributed by atoms with van der Waals surface area (Å²) in [6.45, 7) is 4.80. The van der Waals surface area contributed by atoms with Crippen molar-refractivity contribution in [2.24, 2.45) is 5.73 Å². The fourth-order valence-corrected chi connectivity index (χ4v) is 4.81. The first-order chi connectivity index (χ1) is 13.4. The molecule has 2 aromatic heterocycles. The molecule has 1 aliphatic carbocycles. The van der Waals surface area contributed by atoms with E-state index >= 15 is 0 Å². The number of aromatic nitrogens is 4. The van der Waals surface area contributed by atoms with Gasteiger partial charge < -0.3 is 21.5 Å². The zero-order valence-corrected chi connectivity index (χ0v) is 18.1. The van der Waals surface area contributed by atoms with Crippen LogP contribution in [-0.4, -0.2) is 80.0 Å². The average molecular weight is 502 g/mol. The number of carboxylic acid groups (broad SMARTS) is 1. The first kappa shape index (κ1) is 21.0. The van der Waals surface area contributed by atoms with Crippen molar-refractivity contribution >= 4 is 45.5 Å². The van der Waals surface area contributed by atoms with Crippen molar-refractivity contribution in [3.8, 4) is 0 Å². The molecular weight excluding hydrogens is 475 g/mol. The van der Waals surface area contributed by atoms with Gasteiger partial charge in [-0.05, 0) is 55.3 Å². The van der Waals surface area contributed by atoms with E-state index in [1.54, 1.807) is 6.33 Å². The number of nitrogens with zero attached hydrogens (tertiary/aromatic N) is 6. The minimum Gasteiger partial charge on any atom is -0.465 e. The smallest absolute Gasteiger partial charge is 0.402 e. The number of nitrogens with two attached hydrogens (primary N) is 2. The van der Waals surface area contributed by atoms with E-state index < -0.39 is 6.09 Å². The topological polar surface area (TPSA) is 139 Å². The fourth-order valence-electron chi connectivity index (χ4n) is 4.06. The van der Waals surface area contributed by atoms with Crippen molar-refractivity contribution in [2.45, 2.75) is 37.8 Å². The second-order valence-electron chi connectivity index (χ2n) is 7.33. The van der Waals surface area contributed by atoms with Crippen LogP contribution in [0.25, 0.3) is 11.0 Å². The highest BCUT2D eigenvalue weighted by Gasteiger charge is 2.30. The lowest BCUT2D eigenvalue weighted by Crippen LogP contribution is -2.49. The Kier molecular flexibility index (Phi) is 6.88. The summed E-state index contributed by atoms with van der Waals surface area (Å²) < 4.78 is 3.00. The number of halogens is 1. The molecule has 2 aliphatic rings. The molecule has 0 radical (unpaired) electrons. The standard InChI is InChI=1S/C16H24IN7.CH3NO2/c1-22-6-8-23(9-7-22)11-2-4-12(5-3-11)24-16-13(14(17)21-24)15(18)19-10-20-16;2-1(3)4/h10-12H,2-9H2,1H3,(H2,18,19,20);2H2,(H,3,4). The maximum atomic E-state index is 8.78. The van der Waals surface area contributed by atoms with Crippen LogP contribution in [0.2, 0.25) is 0 Å². The number of nitrogen functional groups attached to an aromatic ring is 1. The molecule has 0 bridgehead atoms. The Bertz CT molecular complexity index is 809. The highest BCUT2D eigenvalue weighted by Crippen LogP contribution is 2.34. The van der Waals surface area contributed by atoms with Crippen molar-refractivity contribution in [1.82, 2.24) is 29.5 Å². The van der Waals surface area contributed by atoms with E-state index in [1.165, 1.54) is 39.0 Å². The maximum Gasteiger partial charge on any atom is 0.402 e. The number of hydrogen-bond donors (Lipinski definition) is 3. The Labute approximate surface area is 177 Å². The normalized spacial score (nSPS) is 23.9. The minimum atomic E-state index is -1.33. The highest BCUT2D eigenvalue weighted by atomic mass is 127. The van der Waals surface area contributed by atoms with Crippen LogP contribution in [0.1, 0.15) is 31.7 Å². The molecular formula is C17H27IN8O2. The van der Waals surface area contributed by atoms with Gasteiger partial charge in [-0.2, -0.15) is 5.10 Å². The molecule has 0 spiro atoms. The van der Waals surface area contributed by atoms with Crippen molar-refractivity contribution in [1.29, 1.82) is 0 Å². The molecule has 2 fully saturated rings. The maximum absolute atomic E-state index is 8.78. The van der Waals surface area contributed by atoms with Crippen molar-refractivity contribution < 1.29 is 9.90 Å². The summed E-state index contributed by atoms with van der Waals surface area (Å²) in [5.74, 6) is 0.529. The van der Waals surface area contributed by atoms with Crippen LogP contribution < -0.4 is 11.5 Å². The lowest BCUT2D eigenvalue weighted by Gasteiger charge is -2.41. The van der Waals surface area contributed by atoms with Crippen LogP contribution in [-0.2, 0) is 0 Å². The van der Waals surface area contributed by atoms with Crippen LogP contribution in [0.15, 0.2) is 6.33 Å². The molecule has 1 saturated heterocycles. The SMILES string of the molecule is CN1CCN(C2CCC(n3nc(I)c4c(N)ncnc43)CC2)CC1.NC(=O)O. The Morgan fingerprint density at radius 1 is 1.14 bits per heavy atom. The van der Waals surface area contributed by atoms with Crippen LogP contribution in [0, 0.1) is 3.70 Å². The number of rotatable bonds is 2. The molecule has 10 nitrogen and oxygen atoms in total. The zero-order valence-electron chi connectivity index (χ0n) is 16.0. The van der Waals surface area contributed by atoms with E-state index in [-0.39, 0.29) is 0 Å². The molecule has 28 heavy (non-hydrogen) atoms. The molecule has 1 aliphatic heterocycles. The Morgan fingerprint density at radius 2 is 1.71 bits per heavy atom. The molecule has 1 amide bonds. The number of amides is 1. The lowest BCUT2D eigenvalue weighted by molar-refractivity contribution is 0.0814. The summed E-state index contributed by atoms with van der Waals surface area (Å²) in [6, 6.07) is 1.16. The van der Waals surface area contributed by atoms with Crippen molar-refractivity contribution in [2.75, 3.05) is 39.0 Å². The molecule has 3 heterocycles. The molecule has 5 N–H and O–H groups in total. The summed E-state index contributed by atoms with van der Waals surface area (Å²) >= 11 is 2.24. The predicted molar refractivity (Wildman–Crippen MR) is 115 cm³/mol. The van der Waals surface area contributed by atoms with E-state index in [9.17, 15) is 0 Å². The first-order valence-electron chi connectivity index (χ1n) is 9.42. The molecule has 154 valence electrons. The first-order valence-corrected chi connectivity index (χ1v) is 10.5. The average Bonchev–Trinajstić information content (AvgIpc) is 3.00. The van der Waals surface area contributed by atoms with E-state index in [2.05, 4.69) is 59.8 Å². The van der Waals surface area contributed by atoms with Crippen LogP contribution in [0.4, 0.5) is 10.6 Å². The highest BCUT2D eigenvalue weighted by molar-refractivity contribution is 14.1. The number of piperazine rings is 1. The fraction of sp³-hybridized carbons (Fsp3) is 0.647. The van der Waals surface area contributed by atoms with E-state index in [0.29, 0.717) is 11.9 Å². The Hall–Kier alpha value is -1.73. The number of anilines is 1. The van der Waals surface area contributed by atoms with Crippen LogP contribution in [0.3, 0.4) is 0 Å². The number of fused-ring (bicyclic) bond motifs is 1. The van der Waals surface area contributed by atoms with Gasteiger partial charge in [0.1, 0.15) is 15.8 Å². The van der Waals surface area contributed by atoms with E-state index in [4.69, 9.17) is 20.7 Å². The number of carbonyl (C=O) groups is 1. The van der Waals surface area contributed by atoms with E-state index in [1.807, 2.05) is 0 Å². The second kappa shape index (κ2) is 9.18. The summed E-state index contributed by atoms with van der Waals surface area (Å²) in [5, 5.41) is 12.8. The zero-order chi connectivity index (χ0) is 20.3. The van der Waals surface area contributed by atoms with Gasteiger partial charge in [0.05, 0.1) is 11.4 Å². The summed E-state index contributed by atoms with van der Waals surface area (Å²) in [6.07, 6.45) is 5.02. The minimum absolute atomic E-state index is 0.425. The molecule has 11 heteroatoms. The van der Waals surface area contributed by atoms with Gasteiger partial charge in [-0.1, -0.05) is 0 Å². The van der Waals surface area contributed by atoms with Crippen molar-refractivity contribution in [3.05, 3.63) is 10.0 Å². The number of hydrogen-bond acceptors (Lipinski definition) is 7. The molecule has 2 aromatic rings. The van der Waals surface area contributed by atoms with Gasteiger partial charge in [-0.15, -0.1) is 0 Å². The third kappa shape index (κ3) is 4.81. The van der Waals surface area contributed by atoms with Gasteiger partial charge in [0, 0.05) is 32.2 Å². The number of likely N-dealkylation sites (N-methyl/N-ethyl adjacent to an activating group) is 1. The Morgan fingerprint density at radius 3 is 2.32 bits per heavy atom. The molecule has 0 unspecified atom stereocenters. The third-order valence-electron chi connectivity index (χ3n) is 5.54. The lowest BCUT2D eigenvalue weighted by atomic mass is 9.90. The van der Waals surface area contributed by atoms with Crippen molar-refractivity contribution in [3.63, 3.8) is 0 Å². The van der Waals surface area contributed by atoms with Gasteiger partial charge >= 0.3 is 6.09 Å². The monoisotopic (exact) mass is 502 g/mol. The quantitative estimate of drug-likeness (QED) is 0.524. The number of primary amides is 1. The second-order valence-corrected chi connectivity index (χ2v) is 8.35. The summed E-state index contributed by atoms with van der Waals surface area (Å²) in [5.41, 5.74) is 10.9. The van der Waals surface area contributed by atoms with Gasteiger partial charge in [0.2, 0.25) is 0 Å².